The molecule has 0 aliphatic heterocycles. The van der Waals surface area contributed by atoms with Crippen molar-refractivity contribution in [2.24, 2.45) is 0 Å². The molecule has 2 aromatic rings. The number of carboxylic acids is 1. The van der Waals surface area contributed by atoms with Gasteiger partial charge in [-0.05, 0) is 37.6 Å². The summed E-state index contributed by atoms with van der Waals surface area (Å²) in [5, 5.41) is 14.7. The lowest BCUT2D eigenvalue weighted by Crippen LogP contribution is -2.21. The number of halogens is 1. The molecular weight excluding hydrogens is 294 g/mol. The summed E-state index contributed by atoms with van der Waals surface area (Å²) in [7, 11) is 0. The Hall–Kier alpha value is -2.47. The first-order valence-corrected chi connectivity index (χ1v) is 6.52. The van der Waals surface area contributed by atoms with Crippen LogP contribution in [0.5, 0.6) is 0 Å². The van der Waals surface area contributed by atoms with Gasteiger partial charge in [0.15, 0.2) is 0 Å². The predicted molar refractivity (Wildman–Crippen MR) is 81.3 cm³/mol. The molecule has 0 spiro atoms. The molecule has 0 fully saturated rings. The Balaban J connectivity index is 2.16. The van der Waals surface area contributed by atoms with Gasteiger partial charge in [-0.2, -0.15) is 0 Å². The Kier molecular flexibility index (Phi) is 4.18. The van der Waals surface area contributed by atoms with Crippen LogP contribution in [0.4, 0.5) is 16.2 Å². The number of H-pyrrole nitrogens is 1. The zero-order chi connectivity index (χ0) is 15.6. The first-order valence-electron chi connectivity index (χ1n) is 6.14. The highest BCUT2D eigenvalue weighted by molar-refractivity contribution is 6.31. The lowest BCUT2D eigenvalue weighted by Gasteiger charge is -2.10. The SMILES string of the molecule is Cc1cc(NC(=O)Nc2cccc(Cl)c2C)c(C(=O)O)[nH]1. The van der Waals surface area contributed by atoms with Crippen molar-refractivity contribution in [1.29, 1.82) is 0 Å². The second-order valence-corrected chi connectivity index (χ2v) is 4.94. The van der Waals surface area contributed by atoms with Crippen LogP contribution >= 0.6 is 11.6 Å². The number of benzene rings is 1. The van der Waals surface area contributed by atoms with Gasteiger partial charge in [0.2, 0.25) is 0 Å². The second kappa shape index (κ2) is 5.88. The Labute approximate surface area is 126 Å². The number of carbonyl (C=O) groups excluding carboxylic acids is 1. The summed E-state index contributed by atoms with van der Waals surface area (Å²) >= 11 is 5.97. The van der Waals surface area contributed by atoms with Crippen LogP contribution in [0.3, 0.4) is 0 Å². The quantitative estimate of drug-likeness (QED) is 0.697. The minimum atomic E-state index is -1.14. The minimum Gasteiger partial charge on any atom is -0.477 e. The fourth-order valence-electron chi connectivity index (χ4n) is 1.88. The maximum Gasteiger partial charge on any atom is 0.354 e. The summed E-state index contributed by atoms with van der Waals surface area (Å²) in [6.07, 6.45) is 0. The number of hydrogen-bond donors (Lipinski definition) is 4. The molecule has 7 heteroatoms. The summed E-state index contributed by atoms with van der Waals surface area (Å²) in [5.74, 6) is -1.14. The van der Waals surface area contributed by atoms with Crippen LogP contribution in [0.1, 0.15) is 21.7 Å². The van der Waals surface area contributed by atoms with E-state index in [-0.39, 0.29) is 11.4 Å². The molecule has 0 atom stereocenters. The van der Waals surface area contributed by atoms with Crippen molar-refractivity contribution in [3.05, 3.63) is 46.2 Å². The van der Waals surface area contributed by atoms with Gasteiger partial charge >= 0.3 is 12.0 Å². The number of amides is 2. The van der Waals surface area contributed by atoms with Gasteiger partial charge in [-0.1, -0.05) is 17.7 Å². The molecular formula is C14H14ClN3O3. The number of rotatable bonds is 3. The molecule has 110 valence electrons. The number of aryl methyl sites for hydroxylation is 1. The third kappa shape index (κ3) is 3.35. The van der Waals surface area contributed by atoms with E-state index in [4.69, 9.17) is 16.7 Å². The Morgan fingerprint density at radius 2 is 1.86 bits per heavy atom. The molecule has 0 saturated heterocycles. The first kappa shape index (κ1) is 14.9. The van der Waals surface area contributed by atoms with E-state index >= 15 is 0 Å². The minimum absolute atomic E-state index is 0.0644. The summed E-state index contributed by atoms with van der Waals surface area (Å²) < 4.78 is 0. The molecule has 2 rings (SSSR count). The van der Waals surface area contributed by atoms with Gasteiger partial charge in [0.05, 0.1) is 5.69 Å². The summed E-state index contributed by atoms with van der Waals surface area (Å²) in [6, 6.07) is 6.16. The van der Waals surface area contributed by atoms with Crippen molar-refractivity contribution in [2.75, 3.05) is 10.6 Å². The highest BCUT2D eigenvalue weighted by atomic mass is 35.5. The molecule has 4 N–H and O–H groups in total. The average molecular weight is 308 g/mol. The Bertz CT molecular complexity index is 709. The highest BCUT2D eigenvalue weighted by Gasteiger charge is 2.15. The summed E-state index contributed by atoms with van der Waals surface area (Å²) in [5.41, 5.74) is 2.08. The van der Waals surface area contributed by atoms with Gasteiger partial charge in [-0.3, -0.25) is 0 Å². The molecule has 0 radical (unpaired) electrons. The molecule has 1 aromatic heterocycles. The lowest BCUT2D eigenvalue weighted by molar-refractivity contribution is 0.0692. The van der Waals surface area contributed by atoms with E-state index in [9.17, 15) is 9.59 Å². The number of aromatic amines is 1. The van der Waals surface area contributed by atoms with Crippen LogP contribution < -0.4 is 10.6 Å². The number of aromatic nitrogens is 1. The lowest BCUT2D eigenvalue weighted by atomic mass is 10.2. The molecule has 2 amide bonds. The monoisotopic (exact) mass is 307 g/mol. The van der Waals surface area contributed by atoms with Crippen molar-refractivity contribution in [3.63, 3.8) is 0 Å². The van der Waals surface area contributed by atoms with Crippen LogP contribution in [0.15, 0.2) is 24.3 Å². The third-order valence-corrected chi connectivity index (χ3v) is 3.34. The maximum atomic E-state index is 12.0. The number of nitrogens with one attached hydrogen (secondary N) is 3. The van der Waals surface area contributed by atoms with Crippen molar-refractivity contribution < 1.29 is 14.7 Å². The number of carboxylic acid groups (broad SMARTS) is 1. The number of aromatic carboxylic acids is 1. The molecule has 0 unspecified atom stereocenters. The normalized spacial score (nSPS) is 10.2. The molecule has 6 nitrogen and oxygen atoms in total. The van der Waals surface area contributed by atoms with Gasteiger partial charge in [0.25, 0.3) is 0 Å². The van der Waals surface area contributed by atoms with E-state index in [0.717, 1.165) is 5.56 Å². The van der Waals surface area contributed by atoms with E-state index in [0.29, 0.717) is 16.4 Å². The van der Waals surface area contributed by atoms with Crippen LogP contribution in [-0.2, 0) is 0 Å². The van der Waals surface area contributed by atoms with Crippen LogP contribution in [0.2, 0.25) is 5.02 Å². The molecule has 0 aliphatic carbocycles. The van der Waals surface area contributed by atoms with Gasteiger partial charge < -0.3 is 20.7 Å². The molecule has 0 saturated carbocycles. The van der Waals surface area contributed by atoms with E-state index < -0.39 is 12.0 Å². The standard InChI is InChI=1S/C14H14ClN3O3/c1-7-6-11(12(16-7)13(19)20)18-14(21)17-10-5-3-4-9(15)8(10)2/h3-6,16H,1-2H3,(H,19,20)(H2,17,18,21). The van der Waals surface area contributed by atoms with E-state index in [1.807, 2.05) is 0 Å². The smallest absolute Gasteiger partial charge is 0.354 e. The van der Waals surface area contributed by atoms with Crippen molar-refractivity contribution in [2.45, 2.75) is 13.8 Å². The first-order chi connectivity index (χ1) is 9.88. The molecule has 1 heterocycles. The van der Waals surface area contributed by atoms with Crippen molar-refractivity contribution in [3.8, 4) is 0 Å². The number of urea groups is 1. The largest absolute Gasteiger partial charge is 0.477 e. The van der Waals surface area contributed by atoms with Crippen molar-refractivity contribution in [1.82, 2.24) is 4.98 Å². The van der Waals surface area contributed by atoms with Crippen LogP contribution in [0.25, 0.3) is 0 Å². The average Bonchev–Trinajstić information content (AvgIpc) is 2.76. The van der Waals surface area contributed by atoms with Gasteiger partial charge in [-0.25, -0.2) is 9.59 Å². The van der Waals surface area contributed by atoms with Gasteiger partial charge in [0.1, 0.15) is 5.69 Å². The van der Waals surface area contributed by atoms with Crippen LogP contribution in [0, 0.1) is 13.8 Å². The zero-order valence-corrected chi connectivity index (χ0v) is 12.2. The highest BCUT2D eigenvalue weighted by Crippen LogP contribution is 2.23. The Morgan fingerprint density at radius 3 is 2.52 bits per heavy atom. The molecule has 0 aliphatic rings. The van der Waals surface area contributed by atoms with E-state index in [1.165, 1.54) is 0 Å². The number of anilines is 2. The molecule has 1 aromatic carbocycles. The maximum absolute atomic E-state index is 12.0. The van der Waals surface area contributed by atoms with Crippen molar-refractivity contribution >= 4 is 35.0 Å². The predicted octanol–water partition coefficient (Wildman–Crippen LogP) is 3.63. The van der Waals surface area contributed by atoms with Gasteiger partial charge in [0, 0.05) is 16.4 Å². The topological polar surface area (TPSA) is 94.2 Å². The summed E-state index contributed by atoms with van der Waals surface area (Å²) in [4.78, 5) is 25.7. The zero-order valence-electron chi connectivity index (χ0n) is 11.5. The Morgan fingerprint density at radius 1 is 1.19 bits per heavy atom. The third-order valence-electron chi connectivity index (χ3n) is 2.93. The van der Waals surface area contributed by atoms with Gasteiger partial charge in [-0.15, -0.1) is 0 Å². The summed E-state index contributed by atoms with van der Waals surface area (Å²) in [6.45, 7) is 3.48. The fourth-order valence-corrected chi connectivity index (χ4v) is 2.05. The number of hydrogen-bond acceptors (Lipinski definition) is 2. The number of carbonyl (C=O) groups is 2. The van der Waals surface area contributed by atoms with Crippen LogP contribution in [-0.4, -0.2) is 22.1 Å². The molecule has 21 heavy (non-hydrogen) atoms. The van der Waals surface area contributed by atoms with E-state index in [2.05, 4.69) is 15.6 Å². The van der Waals surface area contributed by atoms with E-state index in [1.54, 1.807) is 38.1 Å². The molecule has 0 bridgehead atoms. The second-order valence-electron chi connectivity index (χ2n) is 4.54. The fraction of sp³-hybridized carbons (Fsp3) is 0.143.